The summed E-state index contributed by atoms with van der Waals surface area (Å²) >= 11 is 0. The molecule has 7 nitrogen and oxygen atoms in total. The first-order valence-electron chi connectivity index (χ1n) is 7.74. The monoisotopic (exact) mass is 329 g/mol. The summed E-state index contributed by atoms with van der Waals surface area (Å²) in [7, 11) is -1.48. The van der Waals surface area contributed by atoms with Crippen molar-refractivity contribution in [3.8, 4) is 0 Å². The Morgan fingerprint density at radius 3 is 2.86 bits per heavy atom. The van der Waals surface area contributed by atoms with Gasteiger partial charge in [-0.25, -0.2) is 8.42 Å². The second-order valence-corrected chi connectivity index (χ2v) is 7.95. The number of rotatable bonds is 4. The molecule has 0 N–H and O–H groups in total. The van der Waals surface area contributed by atoms with Crippen LogP contribution in [0.5, 0.6) is 0 Å². The third-order valence-corrected chi connectivity index (χ3v) is 6.10. The molecule has 2 fully saturated rings. The number of ether oxygens (including phenoxy) is 2. The van der Waals surface area contributed by atoms with E-state index in [1.54, 1.807) is 10.9 Å². The minimum atomic E-state index is -3.32. The molecule has 1 aromatic heterocycles. The topological polar surface area (TPSA) is 73.7 Å². The van der Waals surface area contributed by atoms with E-state index in [0.717, 1.165) is 24.8 Å². The van der Waals surface area contributed by atoms with Gasteiger partial charge >= 0.3 is 0 Å². The highest BCUT2D eigenvalue weighted by molar-refractivity contribution is 7.89. The highest BCUT2D eigenvalue weighted by Gasteiger charge is 2.33. The number of aromatic nitrogens is 2. The largest absolute Gasteiger partial charge is 0.377 e. The van der Waals surface area contributed by atoms with Gasteiger partial charge < -0.3 is 9.47 Å². The average Bonchev–Trinajstić information content (AvgIpc) is 2.95. The molecule has 124 valence electrons. The van der Waals surface area contributed by atoms with Crippen molar-refractivity contribution in [3.05, 3.63) is 18.0 Å². The van der Waals surface area contributed by atoms with Crippen molar-refractivity contribution in [2.45, 2.75) is 31.5 Å². The predicted molar refractivity (Wildman–Crippen MR) is 80.9 cm³/mol. The highest BCUT2D eigenvalue weighted by Crippen LogP contribution is 2.24. The zero-order chi connectivity index (χ0) is 15.6. The summed E-state index contributed by atoms with van der Waals surface area (Å²) in [5.41, 5.74) is 0.913. The van der Waals surface area contributed by atoms with Crippen LogP contribution in [0.25, 0.3) is 0 Å². The van der Waals surface area contributed by atoms with Crippen LogP contribution in [0.2, 0.25) is 0 Å². The molecule has 2 saturated heterocycles. The highest BCUT2D eigenvalue weighted by atomic mass is 32.2. The van der Waals surface area contributed by atoms with Crippen LogP contribution < -0.4 is 0 Å². The van der Waals surface area contributed by atoms with E-state index >= 15 is 0 Å². The first-order chi connectivity index (χ1) is 10.5. The van der Waals surface area contributed by atoms with Gasteiger partial charge in [0.1, 0.15) is 0 Å². The summed E-state index contributed by atoms with van der Waals surface area (Å²) in [5, 5.41) is 4.12. The quantitative estimate of drug-likeness (QED) is 0.813. The lowest BCUT2D eigenvalue weighted by Crippen LogP contribution is -2.45. The molecular weight excluding hydrogens is 306 g/mol. The minimum absolute atomic E-state index is 0.0762. The fourth-order valence-electron chi connectivity index (χ4n) is 2.97. The number of hydrogen-bond acceptors (Lipinski definition) is 5. The zero-order valence-electron chi connectivity index (χ0n) is 12.8. The van der Waals surface area contributed by atoms with Crippen molar-refractivity contribution < 1.29 is 17.9 Å². The second kappa shape index (κ2) is 6.66. The maximum absolute atomic E-state index is 12.6. The molecule has 0 aliphatic carbocycles. The molecule has 2 aliphatic rings. The van der Waals surface area contributed by atoms with Gasteiger partial charge in [-0.15, -0.1) is 0 Å². The molecule has 0 saturated carbocycles. The number of morpholine rings is 1. The van der Waals surface area contributed by atoms with Crippen molar-refractivity contribution in [2.24, 2.45) is 7.05 Å². The Morgan fingerprint density at radius 1 is 1.32 bits per heavy atom. The van der Waals surface area contributed by atoms with E-state index in [-0.39, 0.29) is 18.0 Å². The van der Waals surface area contributed by atoms with Gasteiger partial charge in [-0.1, -0.05) is 0 Å². The van der Waals surface area contributed by atoms with Crippen LogP contribution in [-0.2, 0) is 26.5 Å². The van der Waals surface area contributed by atoms with Crippen LogP contribution in [0.4, 0.5) is 0 Å². The third kappa shape index (κ3) is 3.68. The summed E-state index contributed by atoms with van der Waals surface area (Å²) in [6.07, 6.45) is 6.08. The average molecular weight is 329 g/mol. The second-order valence-electron chi connectivity index (χ2n) is 5.93. The standard InChI is InChI=1S/C14H23N3O4S/c1-16-9-12(8-15-16)14-10-17(5-7-21-14)22(18,19)11-13-4-2-3-6-20-13/h8-9,13-14H,2-7,10-11H2,1H3. The van der Waals surface area contributed by atoms with E-state index in [0.29, 0.717) is 26.3 Å². The van der Waals surface area contributed by atoms with E-state index in [4.69, 9.17) is 9.47 Å². The van der Waals surface area contributed by atoms with Crippen molar-refractivity contribution in [3.63, 3.8) is 0 Å². The molecule has 8 heteroatoms. The zero-order valence-corrected chi connectivity index (χ0v) is 13.7. The maximum Gasteiger partial charge on any atom is 0.216 e. The van der Waals surface area contributed by atoms with Crippen LogP contribution in [0.1, 0.15) is 30.9 Å². The molecule has 3 heterocycles. The lowest BCUT2D eigenvalue weighted by Gasteiger charge is -2.33. The Balaban J connectivity index is 1.65. The van der Waals surface area contributed by atoms with Gasteiger partial charge in [0, 0.05) is 38.5 Å². The van der Waals surface area contributed by atoms with E-state index in [9.17, 15) is 8.42 Å². The van der Waals surface area contributed by atoms with Crippen LogP contribution in [0.15, 0.2) is 12.4 Å². The minimum Gasteiger partial charge on any atom is -0.377 e. The van der Waals surface area contributed by atoms with Crippen molar-refractivity contribution in [1.29, 1.82) is 0 Å². The first kappa shape index (κ1) is 15.9. The maximum atomic E-state index is 12.6. The van der Waals surface area contributed by atoms with Gasteiger partial charge in [0.25, 0.3) is 0 Å². The molecule has 0 aromatic carbocycles. The van der Waals surface area contributed by atoms with Crippen LogP contribution in [0, 0.1) is 0 Å². The van der Waals surface area contributed by atoms with E-state index in [2.05, 4.69) is 5.10 Å². The molecule has 2 atom stereocenters. The SMILES string of the molecule is Cn1cc(C2CN(S(=O)(=O)CC3CCCCO3)CCO2)cn1. The van der Waals surface area contributed by atoms with Crippen LogP contribution in [0.3, 0.4) is 0 Å². The van der Waals surface area contributed by atoms with Gasteiger partial charge in [-0.2, -0.15) is 9.40 Å². The first-order valence-corrected chi connectivity index (χ1v) is 9.35. The Hall–Kier alpha value is -0.960. The predicted octanol–water partition coefficient (Wildman–Crippen LogP) is 0.692. The molecule has 0 bridgehead atoms. The smallest absolute Gasteiger partial charge is 0.216 e. The molecule has 0 radical (unpaired) electrons. The molecule has 1 aromatic rings. The van der Waals surface area contributed by atoms with Gasteiger partial charge in [-0.05, 0) is 19.3 Å². The molecule has 2 aliphatic heterocycles. The van der Waals surface area contributed by atoms with Crippen molar-refractivity contribution >= 4 is 10.0 Å². The Morgan fingerprint density at radius 2 is 2.18 bits per heavy atom. The Kier molecular flexibility index (Phi) is 4.82. The van der Waals surface area contributed by atoms with Crippen LogP contribution in [-0.4, -0.2) is 60.7 Å². The lowest BCUT2D eigenvalue weighted by atomic mass is 10.1. The van der Waals surface area contributed by atoms with Gasteiger partial charge in [0.05, 0.1) is 30.8 Å². The lowest BCUT2D eigenvalue weighted by molar-refractivity contribution is -0.00425. The van der Waals surface area contributed by atoms with Crippen LogP contribution >= 0.6 is 0 Å². The summed E-state index contributed by atoms with van der Waals surface area (Å²) in [6, 6.07) is 0. The molecule has 0 amide bonds. The van der Waals surface area contributed by atoms with E-state index < -0.39 is 10.0 Å². The Bertz CT molecular complexity index is 595. The number of aryl methyl sites for hydroxylation is 1. The van der Waals surface area contributed by atoms with E-state index in [1.165, 1.54) is 4.31 Å². The molecule has 22 heavy (non-hydrogen) atoms. The van der Waals surface area contributed by atoms with Gasteiger partial charge in [-0.3, -0.25) is 4.68 Å². The summed E-state index contributed by atoms with van der Waals surface area (Å²) < 4.78 is 39.7. The van der Waals surface area contributed by atoms with Gasteiger partial charge in [0.2, 0.25) is 10.0 Å². The molecule has 0 spiro atoms. The number of hydrogen-bond donors (Lipinski definition) is 0. The molecule has 3 rings (SSSR count). The normalized spacial score (nSPS) is 27.9. The fourth-order valence-corrected chi connectivity index (χ4v) is 4.62. The van der Waals surface area contributed by atoms with E-state index in [1.807, 2.05) is 13.2 Å². The van der Waals surface area contributed by atoms with Crippen molar-refractivity contribution in [1.82, 2.24) is 14.1 Å². The summed E-state index contributed by atoms with van der Waals surface area (Å²) in [6.45, 7) is 1.83. The summed E-state index contributed by atoms with van der Waals surface area (Å²) in [5.74, 6) is 0.0762. The fraction of sp³-hybridized carbons (Fsp3) is 0.786. The Labute approximate surface area is 131 Å². The van der Waals surface area contributed by atoms with Gasteiger partial charge in [0.15, 0.2) is 0 Å². The summed E-state index contributed by atoms with van der Waals surface area (Å²) in [4.78, 5) is 0. The number of sulfonamides is 1. The third-order valence-electron chi connectivity index (χ3n) is 4.19. The number of nitrogens with zero attached hydrogens (tertiary/aromatic N) is 3. The molecular formula is C14H23N3O4S. The molecule has 2 unspecified atom stereocenters. The van der Waals surface area contributed by atoms with Crippen molar-refractivity contribution in [2.75, 3.05) is 32.1 Å².